The lowest BCUT2D eigenvalue weighted by atomic mass is 9.58. The Balaban J connectivity index is 1.49. The first-order valence-corrected chi connectivity index (χ1v) is 11.6. The number of urea groups is 1. The van der Waals surface area contributed by atoms with Gasteiger partial charge in [-0.05, 0) is 50.9 Å². The largest absolute Gasteiger partial charge is 0.390 e. The summed E-state index contributed by atoms with van der Waals surface area (Å²) in [5, 5.41) is 18.0. The minimum absolute atomic E-state index is 0.0376. The van der Waals surface area contributed by atoms with Crippen LogP contribution < -0.4 is 10.6 Å². The molecule has 2 unspecified atom stereocenters. The summed E-state index contributed by atoms with van der Waals surface area (Å²) in [6.07, 6.45) is 7.32. The van der Waals surface area contributed by atoms with Gasteiger partial charge in [-0.3, -0.25) is 9.80 Å². The zero-order chi connectivity index (χ0) is 20.4. The van der Waals surface area contributed by atoms with Gasteiger partial charge in [0.15, 0.2) is 6.17 Å². The Hall–Kier alpha value is -1.76. The fraction of sp³-hybridized carbons (Fsp3) is 0.818. The van der Waals surface area contributed by atoms with Crippen LogP contribution in [0.2, 0.25) is 0 Å². The number of aliphatic hydroxyl groups is 1. The van der Waals surface area contributed by atoms with Gasteiger partial charge in [-0.2, -0.15) is 0 Å². The maximum atomic E-state index is 13.3. The van der Waals surface area contributed by atoms with Crippen molar-refractivity contribution in [2.75, 3.05) is 13.1 Å². The summed E-state index contributed by atoms with van der Waals surface area (Å²) in [5.41, 5.74) is 0.641. The van der Waals surface area contributed by atoms with Gasteiger partial charge < -0.3 is 15.7 Å². The lowest BCUT2D eigenvalue weighted by molar-refractivity contribution is -0.0705. The predicted octanol–water partition coefficient (Wildman–Crippen LogP) is 2.73. The molecule has 3 aliphatic carbocycles. The monoisotopic (exact) mass is 401 g/mol. The molecular formula is C22H35N5O2. The SMILES string of the molecule is CCCN1C(=O)N2C[C@@H](C(C)CC)NC2=C2NC(C34CCC(O)(CC3)CC4)=NC21. The highest BCUT2D eigenvalue weighted by Gasteiger charge is 2.54. The van der Waals surface area contributed by atoms with Gasteiger partial charge >= 0.3 is 6.03 Å². The van der Waals surface area contributed by atoms with Crippen LogP contribution in [0.4, 0.5) is 4.79 Å². The van der Waals surface area contributed by atoms with Crippen molar-refractivity contribution in [3.8, 4) is 0 Å². The van der Waals surface area contributed by atoms with Crippen molar-refractivity contribution >= 4 is 11.9 Å². The Labute approximate surface area is 173 Å². The van der Waals surface area contributed by atoms with Gasteiger partial charge in [-0.1, -0.05) is 27.2 Å². The Morgan fingerprint density at radius 2 is 1.90 bits per heavy atom. The molecule has 2 amide bonds. The third-order valence-electron chi connectivity index (χ3n) is 8.27. The maximum absolute atomic E-state index is 13.3. The predicted molar refractivity (Wildman–Crippen MR) is 112 cm³/mol. The maximum Gasteiger partial charge on any atom is 0.327 e. The van der Waals surface area contributed by atoms with Crippen molar-refractivity contribution < 1.29 is 9.90 Å². The molecule has 0 aromatic rings. The Morgan fingerprint density at radius 3 is 2.52 bits per heavy atom. The normalized spacial score (nSPS) is 39.2. The lowest BCUT2D eigenvalue weighted by Gasteiger charge is -2.50. The molecule has 2 bridgehead atoms. The first kappa shape index (κ1) is 19.2. The zero-order valence-corrected chi connectivity index (χ0v) is 18.0. The van der Waals surface area contributed by atoms with Crippen LogP contribution >= 0.6 is 0 Å². The molecule has 29 heavy (non-hydrogen) atoms. The van der Waals surface area contributed by atoms with E-state index in [0.29, 0.717) is 5.92 Å². The minimum Gasteiger partial charge on any atom is -0.390 e. The summed E-state index contributed by atoms with van der Waals surface area (Å²) < 4.78 is 0. The summed E-state index contributed by atoms with van der Waals surface area (Å²) in [6.45, 7) is 8.02. The molecule has 7 heteroatoms. The second-order valence-electron chi connectivity index (χ2n) is 9.97. The number of hydrogen-bond acceptors (Lipinski definition) is 5. The van der Waals surface area contributed by atoms with Crippen molar-refractivity contribution in [3.63, 3.8) is 0 Å². The van der Waals surface area contributed by atoms with Crippen LogP contribution in [0.15, 0.2) is 16.5 Å². The summed E-state index contributed by atoms with van der Waals surface area (Å²) in [6, 6.07) is 0.372. The van der Waals surface area contributed by atoms with Gasteiger partial charge in [0, 0.05) is 24.5 Å². The summed E-state index contributed by atoms with van der Waals surface area (Å²) in [4.78, 5) is 22.3. The molecule has 0 radical (unpaired) electrons. The van der Waals surface area contributed by atoms with Crippen LogP contribution in [-0.2, 0) is 0 Å². The van der Waals surface area contributed by atoms with Crippen molar-refractivity contribution in [2.24, 2.45) is 16.3 Å². The molecule has 0 aromatic carbocycles. The minimum atomic E-state index is -0.451. The van der Waals surface area contributed by atoms with E-state index in [1.54, 1.807) is 0 Å². The van der Waals surface area contributed by atoms with E-state index in [1.807, 2.05) is 9.80 Å². The lowest BCUT2D eigenvalue weighted by Crippen LogP contribution is -2.54. The van der Waals surface area contributed by atoms with Crippen LogP contribution in [-0.4, -0.2) is 57.7 Å². The number of carbonyl (C=O) groups excluding carboxylic acids is 1. The van der Waals surface area contributed by atoms with Crippen molar-refractivity contribution in [3.05, 3.63) is 11.5 Å². The second-order valence-corrected chi connectivity index (χ2v) is 9.97. The topological polar surface area (TPSA) is 80.2 Å². The van der Waals surface area contributed by atoms with Gasteiger partial charge in [-0.15, -0.1) is 0 Å². The van der Waals surface area contributed by atoms with Gasteiger partial charge in [0.2, 0.25) is 0 Å². The first-order valence-electron chi connectivity index (χ1n) is 11.6. The molecule has 6 aliphatic rings. The molecule has 0 aromatic heterocycles. The van der Waals surface area contributed by atoms with Gasteiger partial charge in [0.25, 0.3) is 0 Å². The average molecular weight is 402 g/mol. The molecule has 3 N–H and O–H groups in total. The summed E-state index contributed by atoms with van der Waals surface area (Å²) in [7, 11) is 0. The van der Waals surface area contributed by atoms with Crippen LogP contribution in [0.5, 0.6) is 0 Å². The molecule has 3 heterocycles. The van der Waals surface area contributed by atoms with E-state index in [2.05, 4.69) is 31.4 Å². The fourth-order valence-electron chi connectivity index (χ4n) is 5.92. The summed E-state index contributed by atoms with van der Waals surface area (Å²) >= 11 is 0. The van der Waals surface area contributed by atoms with Crippen molar-refractivity contribution in [2.45, 2.75) is 89.9 Å². The van der Waals surface area contributed by atoms with Crippen LogP contribution in [0.1, 0.15) is 72.1 Å². The highest BCUT2D eigenvalue weighted by molar-refractivity contribution is 5.94. The average Bonchev–Trinajstić information content (AvgIpc) is 3.37. The number of amides is 2. The van der Waals surface area contributed by atoms with Crippen LogP contribution in [0.25, 0.3) is 0 Å². The van der Waals surface area contributed by atoms with Crippen LogP contribution in [0.3, 0.4) is 0 Å². The van der Waals surface area contributed by atoms with Crippen LogP contribution in [0, 0.1) is 11.3 Å². The second kappa shape index (κ2) is 6.62. The molecule has 0 spiro atoms. The molecule has 3 atom stereocenters. The molecule has 6 rings (SSSR count). The van der Waals surface area contributed by atoms with Crippen molar-refractivity contribution in [1.29, 1.82) is 0 Å². The van der Waals surface area contributed by atoms with Gasteiger partial charge in [0.05, 0.1) is 5.60 Å². The number of hydrogen-bond donors (Lipinski definition) is 3. The van der Waals surface area contributed by atoms with Crippen molar-refractivity contribution in [1.82, 2.24) is 20.4 Å². The molecule has 4 fully saturated rings. The number of amidine groups is 1. The number of fused-ring (bicyclic) bond motifs is 5. The third kappa shape index (κ3) is 2.80. The standard InChI is InChI=1S/C22H35N5O2/c1-4-12-26-18-16(17-23-15(14(3)5-2)13-27(17)20(26)28)24-19(25-18)21-6-9-22(29,10-7-21)11-8-21/h14-15,18,23,29H,4-13H2,1-3H3,(H,24,25)/t14?,15-,18?,21?,22?/m0/s1. The molecule has 3 saturated carbocycles. The quantitative estimate of drug-likeness (QED) is 0.662. The molecule has 1 saturated heterocycles. The molecule has 7 nitrogen and oxygen atoms in total. The smallest absolute Gasteiger partial charge is 0.327 e. The highest BCUT2D eigenvalue weighted by atomic mass is 16.3. The molecule has 3 aliphatic heterocycles. The number of aliphatic imine (C=N–C) groups is 1. The number of carbonyl (C=O) groups is 1. The molecular weight excluding hydrogens is 366 g/mol. The van der Waals surface area contributed by atoms with E-state index in [1.165, 1.54) is 0 Å². The highest BCUT2D eigenvalue weighted by Crippen LogP contribution is 2.53. The molecule has 160 valence electrons. The zero-order valence-electron chi connectivity index (χ0n) is 18.0. The van der Waals surface area contributed by atoms with E-state index >= 15 is 0 Å². The fourth-order valence-corrected chi connectivity index (χ4v) is 5.92. The van der Waals surface area contributed by atoms with E-state index in [9.17, 15) is 9.90 Å². The van der Waals surface area contributed by atoms with E-state index in [-0.39, 0.29) is 23.7 Å². The van der Waals surface area contributed by atoms with E-state index in [0.717, 1.165) is 81.8 Å². The third-order valence-corrected chi connectivity index (χ3v) is 8.27. The number of nitrogens with zero attached hydrogens (tertiary/aromatic N) is 3. The summed E-state index contributed by atoms with van der Waals surface area (Å²) in [5.74, 6) is 2.50. The Kier molecular flexibility index (Phi) is 4.39. The number of nitrogens with one attached hydrogen (secondary N) is 2. The van der Waals surface area contributed by atoms with Gasteiger partial charge in [-0.25, -0.2) is 9.79 Å². The van der Waals surface area contributed by atoms with E-state index in [4.69, 9.17) is 4.99 Å². The Bertz CT molecular complexity index is 751. The first-order chi connectivity index (χ1) is 13.9. The number of rotatable bonds is 5. The van der Waals surface area contributed by atoms with Gasteiger partial charge in [0.1, 0.15) is 17.4 Å². The Morgan fingerprint density at radius 1 is 1.21 bits per heavy atom. The van der Waals surface area contributed by atoms with E-state index < -0.39 is 5.60 Å².